The fraction of sp³-hybridized carbons (Fsp3) is 0.658. The van der Waals surface area contributed by atoms with Crippen LogP contribution < -0.4 is 21.7 Å². The number of amides is 7. The first-order chi connectivity index (χ1) is 23.8. The summed E-state index contributed by atoms with van der Waals surface area (Å²) < 4.78 is 0. The van der Waals surface area contributed by atoms with Crippen LogP contribution in [0.4, 0.5) is 4.79 Å². The van der Waals surface area contributed by atoms with Crippen molar-refractivity contribution < 1.29 is 33.6 Å². The van der Waals surface area contributed by atoms with Crippen LogP contribution in [-0.4, -0.2) is 88.9 Å². The smallest absolute Gasteiger partial charge is 0.315 e. The van der Waals surface area contributed by atoms with Gasteiger partial charge in [-0.05, 0) is 55.1 Å². The summed E-state index contributed by atoms with van der Waals surface area (Å²) in [7, 11) is 0. The summed E-state index contributed by atoms with van der Waals surface area (Å²) in [6.07, 6.45) is 6.48. The number of benzene rings is 1. The molecule has 13 nitrogen and oxygen atoms in total. The van der Waals surface area contributed by atoms with Crippen molar-refractivity contribution in [1.82, 2.24) is 25.8 Å². The number of carbonyl (C=O) groups excluding carboxylic acids is 7. The zero-order chi connectivity index (χ0) is 38.7. The molecule has 13 heteroatoms. The van der Waals surface area contributed by atoms with Crippen molar-refractivity contribution in [2.24, 2.45) is 22.5 Å². The van der Waals surface area contributed by atoms with Gasteiger partial charge in [0.1, 0.15) is 12.1 Å². The standard InChI is InChI=1S/C34H49N5O6.C3H8.CH3NO/c1-20(40)24(18-21-12-10-13-21)35-28(41)25-16-11-17-38(25)31(44)27(34(5,6)7)37-32(45)36-26(33(2,3)4)19-39-29(42)22-14-8-9-15-23(22)30(39)43;1-3-2;2-1-3/h8-9,14-15,21,24-27H,10-13,16-19H2,1-7H3,(H,35,41)(H2,36,37,45);3H2,1-2H3;1H,(H2,2,3). The van der Waals surface area contributed by atoms with E-state index in [1.807, 2.05) is 41.5 Å². The third-order valence-corrected chi connectivity index (χ3v) is 9.42. The zero-order valence-corrected chi connectivity index (χ0v) is 32.0. The number of nitrogens with zero attached hydrogens (tertiary/aromatic N) is 2. The van der Waals surface area contributed by atoms with Crippen molar-refractivity contribution in [1.29, 1.82) is 0 Å². The van der Waals surface area contributed by atoms with E-state index in [1.54, 1.807) is 24.3 Å². The second-order valence-electron chi connectivity index (χ2n) is 15.8. The fourth-order valence-corrected chi connectivity index (χ4v) is 6.23. The summed E-state index contributed by atoms with van der Waals surface area (Å²) in [5.74, 6) is -1.19. The van der Waals surface area contributed by atoms with Crippen molar-refractivity contribution in [3.63, 3.8) is 0 Å². The molecule has 3 aliphatic rings. The highest BCUT2D eigenvalue weighted by molar-refractivity contribution is 6.21. The molecule has 1 aromatic carbocycles. The minimum absolute atomic E-state index is 0.0378. The lowest BCUT2D eigenvalue weighted by Crippen LogP contribution is -2.61. The molecule has 2 heterocycles. The number of imide groups is 1. The average molecular weight is 713 g/mol. The van der Waals surface area contributed by atoms with Crippen LogP contribution >= 0.6 is 0 Å². The molecular formula is C38H60N6O7. The third kappa shape index (κ3) is 11.6. The molecule has 1 saturated heterocycles. The third-order valence-electron chi connectivity index (χ3n) is 9.42. The summed E-state index contributed by atoms with van der Waals surface area (Å²) in [6, 6.07) is 3.13. The number of primary amides is 1. The second kappa shape index (κ2) is 18.8. The van der Waals surface area contributed by atoms with E-state index in [4.69, 9.17) is 4.79 Å². The SMILES string of the molecule is CC(=O)C(CC1CCC1)NC(=O)C1CCCN1C(=O)C(NC(=O)NC(CN1C(=O)c2ccccc2C1=O)C(C)(C)C)C(C)(C)C.CCC.NC=O. The highest BCUT2D eigenvalue weighted by Gasteiger charge is 2.44. The minimum atomic E-state index is -0.968. The Hall–Kier alpha value is -4.29. The molecule has 2 fully saturated rings. The summed E-state index contributed by atoms with van der Waals surface area (Å²) in [4.78, 5) is 90.6. The maximum atomic E-state index is 14.0. The van der Waals surface area contributed by atoms with Gasteiger partial charge in [-0.15, -0.1) is 0 Å². The molecular weight excluding hydrogens is 652 g/mol. The van der Waals surface area contributed by atoms with E-state index in [2.05, 4.69) is 35.5 Å². The van der Waals surface area contributed by atoms with E-state index < -0.39 is 52.8 Å². The summed E-state index contributed by atoms with van der Waals surface area (Å²) in [5.41, 5.74) is 3.59. The van der Waals surface area contributed by atoms with Gasteiger partial charge in [0, 0.05) is 6.54 Å². The molecule has 4 unspecified atom stereocenters. The van der Waals surface area contributed by atoms with Gasteiger partial charge in [0.25, 0.3) is 11.8 Å². The fourth-order valence-electron chi connectivity index (χ4n) is 6.23. The Kier molecular flexibility index (Phi) is 15.8. The predicted molar refractivity (Wildman–Crippen MR) is 195 cm³/mol. The Bertz CT molecular complexity index is 1380. The lowest BCUT2D eigenvalue weighted by Gasteiger charge is -2.37. The maximum absolute atomic E-state index is 14.0. The van der Waals surface area contributed by atoms with Crippen LogP contribution in [0.25, 0.3) is 0 Å². The van der Waals surface area contributed by atoms with Crippen LogP contribution in [0.1, 0.15) is 128 Å². The number of likely N-dealkylation sites (tertiary alicyclic amines) is 1. The van der Waals surface area contributed by atoms with Gasteiger partial charge >= 0.3 is 6.03 Å². The predicted octanol–water partition coefficient (Wildman–Crippen LogP) is 4.18. The van der Waals surface area contributed by atoms with Gasteiger partial charge in [0.15, 0.2) is 5.78 Å². The van der Waals surface area contributed by atoms with E-state index in [-0.39, 0.29) is 30.6 Å². The Balaban J connectivity index is 0.00000140. The molecule has 4 rings (SSSR count). The monoisotopic (exact) mass is 712 g/mol. The number of Topliss-reactive ketones (excluding diaryl/α,β-unsaturated/α-hetero) is 1. The van der Waals surface area contributed by atoms with Gasteiger partial charge in [0.2, 0.25) is 18.2 Å². The zero-order valence-electron chi connectivity index (χ0n) is 32.0. The molecule has 2 aliphatic heterocycles. The van der Waals surface area contributed by atoms with Crippen LogP contribution in [0.5, 0.6) is 0 Å². The molecule has 1 aromatic rings. The first kappa shape index (κ1) is 42.9. The highest BCUT2D eigenvalue weighted by Crippen LogP contribution is 2.31. The molecule has 284 valence electrons. The molecule has 5 N–H and O–H groups in total. The van der Waals surface area contributed by atoms with Gasteiger partial charge in [-0.2, -0.15) is 0 Å². The van der Waals surface area contributed by atoms with Gasteiger partial charge in [0.05, 0.1) is 29.8 Å². The van der Waals surface area contributed by atoms with Crippen molar-refractivity contribution in [2.75, 3.05) is 13.1 Å². The van der Waals surface area contributed by atoms with E-state index in [9.17, 15) is 28.8 Å². The largest absolute Gasteiger partial charge is 0.372 e. The van der Waals surface area contributed by atoms with E-state index in [0.717, 1.165) is 24.2 Å². The van der Waals surface area contributed by atoms with Crippen LogP contribution in [-0.2, 0) is 19.2 Å². The van der Waals surface area contributed by atoms with Crippen LogP contribution in [0, 0.1) is 16.7 Å². The minimum Gasteiger partial charge on any atom is -0.372 e. The van der Waals surface area contributed by atoms with Crippen molar-refractivity contribution in [2.45, 2.75) is 131 Å². The Morgan fingerprint density at radius 3 is 1.84 bits per heavy atom. The average Bonchev–Trinajstić information content (AvgIpc) is 3.60. The van der Waals surface area contributed by atoms with E-state index in [0.29, 0.717) is 42.9 Å². The summed E-state index contributed by atoms with van der Waals surface area (Å²) in [6.45, 7) is 17.3. The van der Waals surface area contributed by atoms with Crippen LogP contribution in [0.3, 0.4) is 0 Å². The molecule has 1 aliphatic carbocycles. The maximum Gasteiger partial charge on any atom is 0.315 e. The lowest BCUT2D eigenvalue weighted by molar-refractivity contribution is -0.142. The number of nitrogens with one attached hydrogen (secondary N) is 3. The van der Waals surface area contributed by atoms with Crippen molar-refractivity contribution >= 4 is 41.9 Å². The first-order valence-corrected chi connectivity index (χ1v) is 18.1. The van der Waals surface area contributed by atoms with E-state index >= 15 is 0 Å². The molecule has 4 atom stereocenters. The number of urea groups is 1. The number of nitrogens with two attached hydrogens (primary N) is 1. The molecule has 0 radical (unpaired) electrons. The van der Waals surface area contributed by atoms with Crippen molar-refractivity contribution in [3.8, 4) is 0 Å². The number of fused-ring (bicyclic) bond motifs is 1. The topological polar surface area (TPSA) is 188 Å². The Morgan fingerprint density at radius 2 is 1.41 bits per heavy atom. The molecule has 0 spiro atoms. The number of carbonyl (C=O) groups is 7. The normalized spacial score (nSPS) is 18.8. The number of hydrogen-bond acceptors (Lipinski definition) is 7. The number of hydrogen-bond donors (Lipinski definition) is 4. The molecule has 0 bridgehead atoms. The van der Waals surface area contributed by atoms with Gasteiger partial charge in [-0.1, -0.05) is 93.2 Å². The highest BCUT2D eigenvalue weighted by atomic mass is 16.2. The van der Waals surface area contributed by atoms with Crippen LogP contribution in [0.2, 0.25) is 0 Å². The Morgan fingerprint density at radius 1 is 0.882 bits per heavy atom. The molecule has 1 saturated carbocycles. The van der Waals surface area contributed by atoms with Crippen LogP contribution in [0.15, 0.2) is 24.3 Å². The molecule has 7 amide bonds. The lowest BCUT2D eigenvalue weighted by atomic mass is 9.80. The van der Waals surface area contributed by atoms with Gasteiger partial charge in [-0.3, -0.25) is 33.7 Å². The van der Waals surface area contributed by atoms with Crippen molar-refractivity contribution in [3.05, 3.63) is 35.4 Å². The van der Waals surface area contributed by atoms with E-state index in [1.165, 1.54) is 18.2 Å². The Labute approximate surface area is 303 Å². The molecule has 0 aromatic heterocycles. The number of rotatable bonds is 10. The second-order valence-corrected chi connectivity index (χ2v) is 15.8. The first-order valence-electron chi connectivity index (χ1n) is 18.1. The number of ketones is 1. The molecule has 51 heavy (non-hydrogen) atoms. The quantitative estimate of drug-likeness (QED) is 0.207. The van der Waals surface area contributed by atoms with Gasteiger partial charge in [-0.25, -0.2) is 4.79 Å². The summed E-state index contributed by atoms with van der Waals surface area (Å²) in [5, 5.41) is 8.67. The van der Waals surface area contributed by atoms with Gasteiger partial charge < -0.3 is 26.6 Å². The summed E-state index contributed by atoms with van der Waals surface area (Å²) >= 11 is 0.